The Balaban J connectivity index is 1.84. The minimum absolute atomic E-state index is 0.227. The Kier molecular flexibility index (Phi) is 6.24. The molecule has 0 aliphatic heterocycles. The standard InChI is InChI=1S/C21H31N3O/c1-3-24-21-19(23-2)13-16(15-7-5-4-6-8-15)14-20(21)25-18-11-9-17(22)10-12-18/h3,13-15,17-18H,1,4-12,22H2,2H3. The molecule has 4 heteroatoms. The number of nitrogens with two attached hydrogens (primary N) is 1. The molecule has 3 aliphatic carbocycles. The van der Waals surface area contributed by atoms with Crippen LogP contribution < -0.4 is 5.73 Å². The molecular formula is C21H31N3O. The van der Waals surface area contributed by atoms with Gasteiger partial charge in [0.1, 0.15) is 11.5 Å². The van der Waals surface area contributed by atoms with Crippen molar-refractivity contribution in [2.24, 2.45) is 21.6 Å². The van der Waals surface area contributed by atoms with Crippen LogP contribution in [0.15, 0.2) is 46.2 Å². The molecule has 0 saturated heterocycles. The van der Waals surface area contributed by atoms with Crippen molar-refractivity contribution >= 4 is 11.4 Å². The predicted octanol–water partition coefficient (Wildman–Crippen LogP) is 4.33. The van der Waals surface area contributed by atoms with Crippen LogP contribution in [0.5, 0.6) is 0 Å². The zero-order valence-corrected chi connectivity index (χ0v) is 15.4. The van der Waals surface area contributed by atoms with Crippen molar-refractivity contribution in [2.45, 2.75) is 69.9 Å². The summed E-state index contributed by atoms with van der Waals surface area (Å²) in [5, 5.41) is 0. The highest BCUT2D eigenvalue weighted by atomic mass is 16.5. The highest BCUT2D eigenvalue weighted by Gasteiger charge is 2.28. The molecule has 2 fully saturated rings. The lowest BCUT2D eigenvalue weighted by atomic mass is 9.81. The van der Waals surface area contributed by atoms with E-state index in [9.17, 15) is 0 Å². The van der Waals surface area contributed by atoms with Crippen LogP contribution in [0.2, 0.25) is 0 Å². The van der Waals surface area contributed by atoms with E-state index < -0.39 is 0 Å². The number of allylic oxidation sites excluding steroid dienone is 4. The molecular weight excluding hydrogens is 310 g/mol. The zero-order valence-electron chi connectivity index (χ0n) is 15.4. The van der Waals surface area contributed by atoms with E-state index in [4.69, 9.17) is 10.5 Å². The molecule has 2 saturated carbocycles. The second-order valence-corrected chi connectivity index (χ2v) is 7.41. The first-order valence-electron chi connectivity index (χ1n) is 9.73. The van der Waals surface area contributed by atoms with E-state index in [0.717, 1.165) is 42.9 Å². The molecule has 0 radical (unpaired) electrons. The minimum atomic E-state index is 0.227. The lowest BCUT2D eigenvalue weighted by Crippen LogP contribution is -2.32. The van der Waals surface area contributed by atoms with E-state index in [1.807, 2.05) is 7.05 Å². The van der Waals surface area contributed by atoms with Crippen molar-refractivity contribution in [1.29, 1.82) is 0 Å². The number of hydrogen-bond acceptors (Lipinski definition) is 4. The lowest BCUT2D eigenvalue weighted by Gasteiger charge is -2.31. The molecule has 0 aromatic carbocycles. The molecule has 0 spiro atoms. The molecule has 0 amide bonds. The van der Waals surface area contributed by atoms with Gasteiger partial charge in [-0.15, -0.1) is 0 Å². The molecule has 0 heterocycles. The summed E-state index contributed by atoms with van der Waals surface area (Å²) in [5.74, 6) is 1.48. The van der Waals surface area contributed by atoms with Crippen molar-refractivity contribution in [1.82, 2.24) is 0 Å². The van der Waals surface area contributed by atoms with Gasteiger partial charge >= 0.3 is 0 Å². The fourth-order valence-corrected chi connectivity index (χ4v) is 4.15. The zero-order chi connectivity index (χ0) is 17.6. The van der Waals surface area contributed by atoms with Crippen molar-refractivity contribution in [3.63, 3.8) is 0 Å². The van der Waals surface area contributed by atoms with Gasteiger partial charge in [0.15, 0.2) is 0 Å². The van der Waals surface area contributed by atoms with Gasteiger partial charge in [0.25, 0.3) is 0 Å². The smallest absolute Gasteiger partial charge is 0.147 e. The van der Waals surface area contributed by atoms with Crippen LogP contribution in [0.25, 0.3) is 0 Å². The highest BCUT2D eigenvalue weighted by molar-refractivity contribution is 6.52. The summed E-state index contributed by atoms with van der Waals surface area (Å²) >= 11 is 0. The summed E-state index contributed by atoms with van der Waals surface area (Å²) in [6.45, 7) is 3.76. The summed E-state index contributed by atoms with van der Waals surface area (Å²) in [5.41, 5.74) is 9.11. The Morgan fingerprint density at radius 3 is 2.44 bits per heavy atom. The molecule has 0 aromatic heterocycles. The van der Waals surface area contributed by atoms with Gasteiger partial charge in [-0.25, -0.2) is 0 Å². The SMILES string of the molecule is C=CN=C1C(OC2CCC(N)CC2)=CC(C2CCCCC2)=CC1=NC. The Labute approximate surface area is 151 Å². The summed E-state index contributed by atoms with van der Waals surface area (Å²) < 4.78 is 6.40. The number of ether oxygens (including phenoxy) is 1. The van der Waals surface area contributed by atoms with Crippen LogP contribution in [0.4, 0.5) is 0 Å². The molecule has 0 unspecified atom stereocenters. The van der Waals surface area contributed by atoms with Gasteiger partial charge in [0, 0.05) is 19.3 Å². The normalized spacial score (nSPS) is 31.6. The second-order valence-electron chi connectivity index (χ2n) is 7.41. The molecule has 25 heavy (non-hydrogen) atoms. The lowest BCUT2D eigenvalue weighted by molar-refractivity contribution is 0.0890. The maximum atomic E-state index is 6.40. The fraction of sp³-hybridized carbons (Fsp3) is 0.619. The summed E-state index contributed by atoms with van der Waals surface area (Å²) in [7, 11) is 1.82. The first-order valence-corrected chi connectivity index (χ1v) is 9.73. The monoisotopic (exact) mass is 341 g/mol. The Bertz CT molecular complexity index is 601. The van der Waals surface area contributed by atoms with Crippen molar-refractivity contribution < 1.29 is 4.74 Å². The molecule has 4 nitrogen and oxygen atoms in total. The Morgan fingerprint density at radius 2 is 1.80 bits per heavy atom. The predicted molar refractivity (Wildman–Crippen MR) is 105 cm³/mol. The van der Waals surface area contributed by atoms with Crippen LogP contribution in [-0.2, 0) is 4.74 Å². The third-order valence-electron chi connectivity index (χ3n) is 5.63. The second kappa shape index (κ2) is 8.61. The van der Waals surface area contributed by atoms with Crippen LogP contribution >= 0.6 is 0 Å². The topological polar surface area (TPSA) is 60.0 Å². The van der Waals surface area contributed by atoms with E-state index >= 15 is 0 Å². The number of rotatable bonds is 4. The van der Waals surface area contributed by atoms with Gasteiger partial charge < -0.3 is 10.5 Å². The first kappa shape index (κ1) is 18.1. The van der Waals surface area contributed by atoms with Crippen LogP contribution in [-0.4, -0.2) is 30.6 Å². The van der Waals surface area contributed by atoms with Gasteiger partial charge in [-0.2, -0.15) is 0 Å². The molecule has 0 bridgehead atoms. The third kappa shape index (κ3) is 4.49. The van der Waals surface area contributed by atoms with E-state index in [-0.39, 0.29) is 6.10 Å². The van der Waals surface area contributed by atoms with Crippen LogP contribution in [0.1, 0.15) is 57.8 Å². The molecule has 2 N–H and O–H groups in total. The molecule has 0 atom stereocenters. The van der Waals surface area contributed by atoms with E-state index in [1.165, 1.54) is 37.7 Å². The van der Waals surface area contributed by atoms with Gasteiger partial charge in [-0.05, 0) is 62.2 Å². The molecule has 0 aromatic rings. The Morgan fingerprint density at radius 1 is 1.08 bits per heavy atom. The number of hydrogen-bond donors (Lipinski definition) is 1. The van der Waals surface area contributed by atoms with Crippen LogP contribution in [0.3, 0.4) is 0 Å². The van der Waals surface area contributed by atoms with Gasteiger partial charge in [-0.3, -0.25) is 9.98 Å². The number of aliphatic imine (C=N–C) groups is 2. The quantitative estimate of drug-likeness (QED) is 0.774. The molecule has 3 aliphatic rings. The highest BCUT2D eigenvalue weighted by Crippen LogP contribution is 2.34. The average molecular weight is 341 g/mol. The summed E-state index contributed by atoms with van der Waals surface area (Å²) in [6, 6.07) is 0.326. The van der Waals surface area contributed by atoms with E-state index in [1.54, 1.807) is 6.20 Å². The van der Waals surface area contributed by atoms with Crippen LogP contribution in [0, 0.1) is 5.92 Å². The largest absolute Gasteiger partial charge is 0.488 e. The maximum Gasteiger partial charge on any atom is 0.147 e. The number of nitrogens with zero attached hydrogens (tertiary/aromatic N) is 2. The third-order valence-corrected chi connectivity index (χ3v) is 5.63. The maximum absolute atomic E-state index is 6.40. The van der Waals surface area contributed by atoms with Gasteiger partial charge in [-0.1, -0.05) is 25.8 Å². The van der Waals surface area contributed by atoms with Gasteiger partial charge in [0.2, 0.25) is 0 Å². The average Bonchev–Trinajstić information content (AvgIpc) is 2.65. The fourth-order valence-electron chi connectivity index (χ4n) is 4.15. The minimum Gasteiger partial charge on any atom is -0.488 e. The molecule has 136 valence electrons. The summed E-state index contributed by atoms with van der Waals surface area (Å²) in [6.07, 6.45) is 16.8. The van der Waals surface area contributed by atoms with Gasteiger partial charge in [0.05, 0.1) is 11.8 Å². The van der Waals surface area contributed by atoms with Crippen molar-refractivity contribution in [3.8, 4) is 0 Å². The van der Waals surface area contributed by atoms with Crippen molar-refractivity contribution in [3.05, 3.63) is 36.3 Å². The Hall–Kier alpha value is -1.68. The molecule has 3 rings (SSSR count). The van der Waals surface area contributed by atoms with Crippen molar-refractivity contribution in [2.75, 3.05) is 7.05 Å². The van der Waals surface area contributed by atoms with E-state index in [2.05, 4.69) is 28.7 Å². The summed E-state index contributed by atoms with van der Waals surface area (Å²) in [4.78, 5) is 8.93. The van der Waals surface area contributed by atoms with E-state index in [0.29, 0.717) is 12.0 Å². The first-order chi connectivity index (χ1) is 12.2.